The van der Waals surface area contributed by atoms with Gasteiger partial charge in [0.1, 0.15) is 11.5 Å². The van der Waals surface area contributed by atoms with Crippen LogP contribution in [-0.2, 0) is 11.3 Å². The Morgan fingerprint density at radius 3 is 2.32 bits per heavy atom. The first-order chi connectivity index (χ1) is 12.2. The Kier molecular flexibility index (Phi) is 6.08. The second-order valence-corrected chi connectivity index (χ2v) is 6.74. The summed E-state index contributed by atoms with van der Waals surface area (Å²) >= 11 is 0. The van der Waals surface area contributed by atoms with E-state index in [2.05, 4.69) is 47.2 Å². The fraction of sp³-hybridized carbons (Fsp3) is 0.429. The van der Waals surface area contributed by atoms with Crippen molar-refractivity contribution in [3.8, 4) is 11.5 Å². The zero-order valence-corrected chi connectivity index (χ0v) is 15.4. The molecule has 0 radical (unpaired) electrons. The van der Waals surface area contributed by atoms with E-state index in [4.69, 9.17) is 9.47 Å². The highest BCUT2D eigenvalue weighted by molar-refractivity contribution is 5.38. The van der Waals surface area contributed by atoms with Gasteiger partial charge in [0.2, 0.25) is 0 Å². The van der Waals surface area contributed by atoms with E-state index >= 15 is 0 Å². The summed E-state index contributed by atoms with van der Waals surface area (Å²) in [4.78, 5) is 4.87. The van der Waals surface area contributed by atoms with Crippen LogP contribution in [-0.4, -0.2) is 50.1 Å². The Morgan fingerprint density at radius 2 is 1.64 bits per heavy atom. The van der Waals surface area contributed by atoms with E-state index in [1.54, 1.807) is 7.11 Å². The standard InChI is InChI=1S/C21H28N2O2/c1-17(24-3)18-8-10-20(11-9-18)25-21-7-5-4-6-19(21)16-23-14-12-22(2)13-15-23/h4-11,17H,12-16H2,1-3H3. The highest BCUT2D eigenvalue weighted by atomic mass is 16.5. The summed E-state index contributed by atoms with van der Waals surface area (Å²) < 4.78 is 11.5. The minimum absolute atomic E-state index is 0.0959. The van der Waals surface area contributed by atoms with Crippen LogP contribution < -0.4 is 4.74 Å². The van der Waals surface area contributed by atoms with Crippen molar-refractivity contribution < 1.29 is 9.47 Å². The molecule has 0 spiro atoms. The van der Waals surface area contributed by atoms with Crippen LogP contribution in [0.5, 0.6) is 11.5 Å². The molecule has 25 heavy (non-hydrogen) atoms. The monoisotopic (exact) mass is 340 g/mol. The third-order valence-corrected chi connectivity index (χ3v) is 4.89. The van der Waals surface area contributed by atoms with Gasteiger partial charge in [-0.05, 0) is 37.7 Å². The molecule has 0 aromatic heterocycles. The summed E-state index contributed by atoms with van der Waals surface area (Å²) in [5, 5.41) is 0. The number of benzene rings is 2. The summed E-state index contributed by atoms with van der Waals surface area (Å²) in [5.41, 5.74) is 2.39. The average molecular weight is 340 g/mol. The lowest BCUT2D eigenvalue weighted by molar-refractivity contribution is 0.119. The Bertz CT molecular complexity index is 664. The zero-order valence-electron chi connectivity index (χ0n) is 15.4. The van der Waals surface area contributed by atoms with Crippen molar-refractivity contribution in [2.24, 2.45) is 0 Å². The van der Waals surface area contributed by atoms with E-state index in [-0.39, 0.29) is 6.10 Å². The van der Waals surface area contributed by atoms with Gasteiger partial charge in [0.15, 0.2) is 0 Å². The largest absolute Gasteiger partial charge is 0.457 e. The first kappa shape index (κ1) is 17.9. The lowest BCUT2D eigenvalue weighted by Crippen LogP contribution is -2.43. The number of hydrogen-bond donors (Lipinski definition) is 0. The summed E-state index contributed by atoms with van der Waals surface area (Å²) in [7, 11) is 3.91. The van der Waals surface area contributed by atoms with Gasteiger partial charge in [-0.25, -0.2) is 0 Å². The van der Waals surface area contributed by atoms with Crippen molar-refractivity contribution in [3.63, 3.8) is 0 Å². The van der Waals surface area contributed by atoms with Crippen LogP contribution in [0.15, 0.2) is 48.5 Å². The number of nitrogens with zero attached hydrogens (tertiary/aromatic N) is 2. The van der Waals surface area contributed by atoms with Crippen molar-refractivity contribution in [2.45, 2.75) is 19.6 Å². The third kappa shape index (κ3) is 4.82. The summed E-state index contributed by atoms with van der Waals surface area (Å²) in [6.45, 7) is 7.44. The number of likely N-dealkylation sites (N-methyl/N-ethyl adjacent to an activating group) is 1. The maximum absolute atomic E-state index is 6.16. The van der Waals surface area contributed by atoms with Crippen molar-refractivity contribution in [1.29, 1.82) is 0 Å². The SMILES string of the molecule is COC(C)c1ccc(Oc2ccccc2CN2CCN(C)CC2)cc1. The maximum atomic E-state index is 6.16. The molecule has 1 unspecified atom stereocenters. The lowest BCUT2D eigenvalue weighted by atomic mass is 10.1. The highest BCUT2D eigenvalue weighted by Crippen LogP contribution is 2.28. The molecule has 0 amide bonds. The fourth-order valence-corrected chi connectivity index (χ4v) is 3.05. The molecule has 1 heterocycles. The van der Waals surface area contributed by atoms with E-state index in [0.29, 0.717) is 0 Å². The van der Waals surface area contributed by atoms with Gasteiger partial charge in [0, 0.05) is 45.4 Å². The number of hydrogen-bond acceptors (Lipinski definition) is 4. The van der Waals surface area contributed by atoms with Crippen LogP contribution in [0.3, 0.4) is 0 Å². The molecular weight excluding hydrogens is 312 g/mol. The topological polar surface area (TPSA) is 24.9 Å². The van der Waals surface area contributed by atoms with Crippen LogP contribution in [0.1, 0.15) is 24.2 Å². The molecule has 1 fully saturated rings. The van der Waals surface area contributed by atoms with Crippen molar-refractivity contribution in [1.82, 2.24) is 9.80 Å². The lowest BCUT2D eigenvalue weighted by Gasteiger charge is -2.32. The predicted molar refractivity (Wildman–Crippen MR) is 101 cm³/mol. The second-order valence-electron chi connectivity index (χ2n) is 6.74. The summed E-state index contributed by atoms with van der Waals surface area (Å²) in [6.07, 6.45) is 0.0959. The van der Waals surface area contributed by atoms with Gasteiger partial charge in [-0.3, -0.25) is 4.90 Å². The van der Waals surface area contributed by atoms with Gasteiger partial charge in [-0.2, -0.15) is 0 Å². The predicted octanol–water partition coefficient (Wildman–Crippen LogP) is 3.93. The van der Waals surface area contributed by atoms with Crippen molar-refractivity contribution in [2.75, 3.05) is 40.3 Å². The van der Waals surface area contributed by atoms with Crippen LogP contribution in [0.25, 0.3) is 0 Å². The van der Waals surface area contributed by atoms with E-state index in [0.717, 1.165) is 49.8 Å². The Hall–Kier alpha value is -1.88. The van der Waals surface area contributed by atoms with Gasteiger partial charge in [-0.1, -0.05) is 30.3 Å². The number of methoxy groups -OCH3 is 1. The van der Waals surface area contributed by atoms with Gasteiger partial charge >= 0.3 is 0 Å². The second kappa shape index (κ2) is 8.48. The van der Waals surface area contributed by atoms with Crippen LogP contribution in [0.4, 0.5) is 0 Å². The number of rotatable bonds is 6. The van der Waals surface area contributed by atoms with E-state index < -0.39 is 0 Å². The van der Waals surface area contributed by atoms with Crippen molar-refractivity contribution >= 4 is 0 Å². The molecule has 134 valence electrons. The first-order valence-corrected chi connectivity index (χ1v) is 8.95. The maximum Gasteiger partial charge on any atom is 0.131 e. The molecule has 1 aliphatic heterocycles. The molecule has 0 bridgehead atoms. The molecule has 0 saturated carbocycles. The molecule has 0 N–H and O–H groups in total. The van der Waals surface area contributed by atoms with Gasteiger partial charge in [-0.15, -0.1) is 0 Å². The van der Waals surface area contributed by atoms with Gasteiger partial charge in [0.05, 0.1) is 6.10 Å². The molecule has 1 atom stereocenters. The van der Waals surface area contributed by atoms with Gasteiger partial charge in [0.25, 0.3) is 0 Å². The van der Waals surface area contributed by atoms with E-state index in [1.807, 2.05) is 25.1 Å². The minimum Gasteiger partial charge on any atom is -0.457 e. The number of piperazine rings is 1. The molecule has 1 aliphatic rings. The fourth-order valence-electron chi connectivity index (χ4n) is 3.05. The Labute approximate surface area is 151 Å². The quantitative estimate of drug-likeness (QED) is 0.795. The molecule has 2 aromatic rings. The molecule has 0 aliphatic carbocycles. The van der Waals surface area contributed by atoms with E-state index in [1.165, 1.54) is 5.56 Å². The molecule has 4 heteroatoms. The molecule has 3 rings (SSSR count). The highest BCUT2D eigenvalue weighted by Gasteiger charge is 2.16. The zero-order chi connectivity index (χ0) is 17.6. The van der Waals surface area contributed by atoms with Crippen LogP contribution in [0, 0.1) is 0 Å². The normalized spacial score (nSPS) is 17.4. The van der Waals surface area contributed by atoms with Gasteiger partial charge < -0.3 is 14.4 Å². The van der Waals surface area contributed by atoms with Crippen LogP contribution in [0.2, 0.25) is 0 Å². The Morgan fingerprint density at radius 1 is 0.960 bits per heavy atom. The molecule has 2 aromatic carbocycles. The summed E-state index contributed by atoms with van der Waals surface area (Å²) in [5.74, 6) is 1.80. The minimum atomic E-state index is 0.0959. The number of ether oxygens (including phenoxy) is 2. The Balaban J connectivity index is 1.68. The third-order valence-electron chi connectivity index (χ3n) is 4.89. The smallest absolute Gasteiger partial charge is 0.131 e. The molecular formula is C21H28N2O2. The summed E-state index contributed by atoms with van der Waals surface area (Å²) in [6, 6.07) is 16.5. The average Bonchev–Trinajstić information content (AvgIpc) is 2.65. The molecule has 1 saturated heterocycles. The van der Waals surface area contributed by atoms with E-state index in [9.17, 15) is 0 Å². The van der Waals surface area contributed by atoms with Crippen LogP contribution >= 0.6 is 0 Å². The van der Waals surface area contributed by atoms with Crippen molar-refractivity contribution in [3.05, 3.63) is 59.7 Å². The molecule has 4 nitrogen and oxygen atoms in total. The first-order valence-electron chi connectivity index (χ1n) is 8.95. The number of para-hydroxylation sites is 1.